The van der Waals surface area contributed by atoms with Crippen LogP contribution < -0.4 is 10.6 Å². The molecule has 1 aromatic rings. The van der Waals surface area contributed by atoms with Crippen molar-refractivity contribution in [1.82, 2.24) is 14.9 Å². The first-order valence-electron chi connectivity index (χ1n) is 8.21. The van der Waals surface area contributed by atoms with E-state index in [1.54, 1.807) is 0 Å². The van der Waals surface area contributed by atoms with E-state index in [0.29, 0.717) is 18.0 Å². The minimum Gasteiger partial charge on any atom is -0.352 e. The summed E-state index contributed by atoms with van der Waals surface area (Å²) in [4.78, 5) is 23.3. The van der Waals surface area contributed by atoms with E-state index < -0.39 is 10.0 Å². The fourth-order valence-corrected chi connectivity index (χ4v) is 4.10. The predicted molar refractivity (Wildman–Crippen MR) is 92.4 cm³/mol. The minimum atomic E-state index is -3.61. The van der Waals surface area contributed by atoms with Crippen LogP contribution in [0, 0.1) is 5.92 Å². The average molecular weight is 363 g/mol. The van der Waals surface area contributed by atoms with Gasteiger partial charge in [0, 0.05) is 25.2 Å². The third-order valence-corrected chi connectivity index (χ3v) is 6.23. The number of sulfonamides is 1. The topological polar surface area (TPSA) is 95.6 Å². The molecule has 2 amide bonds. The highest BCUT2D eigenvalue weighted by molar-refractivity contribution is 7.89. The molecule has 1 heterocycles. The zero-order chi connectivity index (χ0) is 18.0. The Morgan fingerprint density at radius 2 is 1.84 bits per heavy atom. The quantitative estimate of drug-likeness (QED) is 0.690. The fraction of sp³-hybridized carbons (Fsp3) is 0.412. The molecule has 8 heteroatoms. The molecule has 0 aromatic heterocycles. The van der Waals surface area contributed by atoms with Gasteiger partial charge in [0.05, 0.1) is 10.9 Å². The number of carbonyl (C=O) groups excluding carboxylic acids is 2. The Morgan fingerprint density at radius 1 is 1.20 bits per heavy atom. The Kier molecular flexibility index (Phi) is 4.91. The van der Waals surface area contributed by atoms with Gasteiger partial charge >= 0.3 is 0 Å². The molecule has 0 bridgehead atoms. The molecule has 0 radical (unpaired) electrons. The zero-order valence-corrected chi connectivity index (χ0v) is 14.6. The molecular formula is C17H21N3O4S. The highest BCUT2D eigenvalue weighted by Gasteiger charge is 2.37. The summed E-state index contributed by atoms with van der Waals surface area (Å²) in [5, 5.41) is 5.50. The summed E-state index contributed by atoms with van der Waals surface area (Å²) in [7, 11) is -3.61. The van der Waals surface area contributed by atoms with Crippen LogP contribution in [-0.2, 0) is 14.8 Å². The monoisotopic (exact) mass is 363 g/mol. The Hall–Kier alpha value is -2.19. The summed E-state index contributed by atoms with van der Waals surface area (Å²) < 4.78 is 26.3. The smallest absolute Gasteiger partial charge is 0.251 e. The van der Waals surface area contributed by atoms with Gasteiger partial charge < -0.3 is 10.6 Å². The SMILES string of the molecule is C=CC(=O)NC1CN(S(=O)(=O)c2ccc(C(=O)NCC3CC3)cc2)C1. The molecule has 3 rings (SSSR count). The first-order chi connectivity index (χ1) is 11.9. The maximum absolute atomic E-state index is 12.5. The van der Waals surface area contributed by atoms with Crippen LogP contribution in [0.15, 0.2) is 41.8 Å². The van der Waals surface area contributed by atoms with Gasteiger partial charge in [0.15, 0.2) is 0 Å². The third kappa shape index (κ3) is 4.08. The molecule has 7 nitrogen and oxygen atoms in total. The molecule has 1 aliphatic carbocycles. The van der Waals surface area contributed by atoms with Crippen molar-refractivity contribution in [1.29, 1.82) is 0 Å². The van der Waals surface area contributed by atoms with Crippen molar-refractivity contribution in [2.45, 2.75) is 23.8 Å². The number of carbonyl (C=O) groups is 2. The zero-order valence-electron chi connectivity index (χ0n) is 13.8. The highest BCUT2D eigenvalue weighted by atomic mass is 32.2. The van der Waals surface area contributed by atoms with Gasteiger partial charge in [-0.05, 0) is 49.1 Å². The Balaban J connectivity index is 1.58. The summed E-state index contributed by atoms with van der Waals surface area (Å²) in [6.45, 7) is 4.49. The number of hydrogen-bond donors (Lipinski definition) is 2. The molecular weight excluding hydrogens is 342 g/mol. The lowest BCUT2D eigenvalue weighted by Gasteiger charge is -2.38. The molecule has 1 saturated heterocycles. The van der Waals surface area contributed by atoms with E-state index in [2.05, 4.69) is 17.2 Å². The van der Waals surface area contributed by atoms with Gasteiger partial charge in [0.25, 0.3) is 5.91 Å². The van der Waals surface area contributed by atoms with Crippen LogP contribution in [0.5, 0.6) is 0 Å². The third-order valence-electron chi connectivity index (χ3n) is 4.38. The van der Waals surface area contributed by atoms with Gasteiger partial charge in [-0.3, -0.25) is 9.59 Å². The average Bonchev–Trinajstić information content (AvgIpc) is 3.39. The lowest BCUT2D eigenvalue weighted by Crippen LogP contribution is -2.60. The van der Waals surface area contributed by atoms with Crippen LogP contribution in [-0.4, -0.2) is 50.2 Å². The molecule has 134 valence electrons. The van der Waals surface area contributed by atoms with E-state index in [1.165, 1.54) is 28.6 Å². The van der Waals surface area contributed by atoms with E-state index in [9.17, 15) is 18.0 Å². The molecule has 0 spiro atoms. The number of benzene rings is 1. The second-order valence-corrected chi connectivity index (χ2v) is 8.35. The van der Waals surface area contributed by atoms with Crippen molar-refractivity contribution in [2.24, 2.45) is 5.92 Å². The first-order valence-corrected chi connectivity index (χ1v) is 9.65. The lowest BCUT2D eigenvalue weighted by molar-refractivity contribution is -0.117. The van der Waals surface area contributed by atoms with Gasteiger partial charge in [-0.2, -0.15) is 4.31 Å². The maximum Gasteiger partial charge on any atom is 0.251 e. The lowest BCUT2D eigenvalue weighted by atomic mass is 10.2. The first kappa shape index (κ1) is 17.6. The van der Waals surface area contributed by atoms with Crippen molar-refractivity contribution in [3.05, 3.63) is 42.5 Å². The molecule has 25 heavy (non-hydrogen) atoms. The summed E-state index contributed by atoms with van der Waals surface area (Å²) in [5.41, 5.74) is 0.444. The number of amides is 2. The molecule has 0 atom stereocenters. The Bertz CT molecular complexity index is 779. The fourth-order valence-electron chi connectivity index (χ4n) is 2.57. The number of rotatable bonds is 7. The van der Waals surface area contributed by atoms with Crippen LogP contribution in [0.2, 0.25) is 0 Å². The molecule has 1 aliphatic heterocycles. The van der Waals surface area contributed by atoms with E-state index in [-0.39, 0.29) is 35.8 Å². The second-order valence-electron chi connectivity index (χ2n) is 6.41. The number of nitrogens with zero attached hydrogens (tertiary/aromatic N) is 1. The van der Waals surface area contributed by atoms with Crippen molar-refractivity contribution in [3.63, 3.8) is 0 Å². The number of hydrogen-bond acceptors (Lipinski definition) is 4. The highest BCUT2D eigenvalue weighted by Crippen LogP contribution is 2.27. The largest absolute Gasteiger partial charge is 0.352 e. The molecule has 1 saturated carbocycles. The van der Waals surface area contributed by atoms with Crippen LogP contribution in [0.3, 0.4) is 0 Å². The van der Waals surface area contributed by atoms with E-state index in [1.807, 2.05) is 0 Å². The standard InChI is InChI=1S/C17H21N3O4S/c1-2-16(21)19-14-10-20(11-14)25(23,24)15-7-5-13(6-8-15)17(22)18-9-12-3-4-12/h2,5-8,12,14H,1,3-4,9-11H2,(H,18,22)(H,19,21). The van der Waals surface area contributed by atoms with E-state index >= 15 is 0 Å². The van der Waals surface area contributed by atoms with Crippen molar-refractivity contribution < 1.29 is 18.0 Å². The summed E-state index contributed by atoms with van der Waals surface area (Å²) in [6, 6.07) is 5.72. The van der Waals surface area contributed by atoms with Gasteiger partial charge in [0.1, 0.15) is 0 Å². The van der Waals surface area contributed by atoms with Crippen molar-refractivity contribution in [2.75, 3.05) is 19.6 Å². The predicted octanol–water partition coefficient (Wildman–Crippen LogP) is 0.501. The van der Waals surface area contributed by atoms with Crippen LogP contribution in [0.1, 0.15) is 23.2 Å². The van der Waals surface area contributed by atoms with E-state index in [4.69, 9.17) is 0 Å². The second kappa shape index (κ2) is 6.97. The van der Waals surface area contributed by atoms with Crippen LogP contribution in [0.4, 0.5) is 0 Å². The normalized spacial score (nSPS) is 18.2. The molecule has 1 aromatic carbocycles. The van der Waals surface area contributed by atoms with Crippen LogP contribution >= 0.6 is 0 Å². The van der Waals surface area contributed by atoms with Crippen molar-refractivity contribution in [3.8, 4) is 0 Å². The van der Waals surface area contributed by atoms with Gasteiger partial charge in [0.2, 0.25) is 15.9 Å². The molecule has 0 unspecified atom stereocenters. The van der Waals surface area contributed by atoms with Gasteiger partial charge in [-0.1, -0.05) is 6.58 Å². The molecule has 2 N–H and O–H groups in total. The molecule has 2 fully saturated rings. The summed E-state index contributed by atoms with van der Waals surface area (Å²) in [6.07, 6.45) is 3.47. The Labute approximate surface area is 147 Å². The van der Waals surface area contributed by atoms with Gasteiger partial charge in [-0.15, -0.1) is 0 Å². The summed E-state index contributed by atoms with van der Waals surface area (Å²) >= 11 is 0. The maximum atomic E-state index is 12.5. The summed E-state index contributed by atoms with van der Waals surface area (Å²) in [5.74, 6) is 0.0835. The van der Waals surface area contributed by atoms with Gasteiger partial charge in [-0.25, -0.2) is 8.42 Å². The van der Waals surface area contributed by atoms with Crippen molar-refractivity contribution >= 4 is 21.8 Å². The van der Waals surface area contributed by atoms with Crippen LogP contribution in [0.25, 0.3) is 0 Å². The molecule has 2 aliphatic rings. The number of nitrogens with one attached hydrogen (secondary N) is 2. The van der Waals surface area contributed by atoms with E-state index in [0.717, 1.165) is 18.9 Å². The Morgan fingerprint density at radius 3 is 2.40 bits per heavy atom. The minimum absolute atomic E-state index is 0.139.